The van der Waals surface area contributed by atoms with Crippen LogP contribution in [0.25, 0.3) is 20.1 Å². The number of unbranched alkanes of at least 4 members (excludes halogenated alkanes) is 9. The molecule has 30 heavy (non-hydrogen) atoms. The largest absolute Gasteiger partial charge is 0.484 e. The molecule has 3 rings (SSSR count). The number of hydrogen-bond donors (Lipinski definition) is 0. The maximum atomic E-state index is 6.00. The van der Waals surface area contributed by atoms with E-state index >= 15 is 0 Å². The van der Waals surface area contributed by atoms with E-state index in [4.69, 9.17) is 4.74 Å². The van der Waals surface area contributed by atoms with Crippen molar-refractivity contribution >= 4 is 32.1 Å². The van der Waals surface area contributed by atoms with E-state index in [1.807, 2.05) is 12.4 Å². The Labute approximate surface area is 189 Å². The molecular weight excluding hydrogens is 408 g/mol. The average Bonchev–Trinajstić information content (AvgIpc) is 3.32. The molecule has 0 N–H and O–H groups in total. The number of aryl methyl sites for hydroxylation is 1. The first-order valence-electron chi connectivity index (χ1n) is 11.8. The molecule has 0 saturated heterocycles. The van der Waals surface area contributed by atoms with Crippen molar-refractivity contribution in [2.24, 2.45) is 0 Å². The second-order valence-corrected chi connectivity index (χ2v) is 10.2. The van der Waals surface area contributed by atoms with Gasteiger partial charge in [0.2, 0.25) is 0 Å². The van der Waals surface area contributed by atoms with Crippen molar-refractivity contribution in [3.05, 3.63) is 30.1 Å². The van der Waals surface area contributed by atoms with Crippen molar-refractivity contribution in [2.45, 2.75) is 90.9 Å². The lowest BCUT2D eigenvalue weighted by molar-refractivity contribution is 0.313. The summed E-state index contributed by atoms with van der Waals surface area (Å²) in [4.78, 5) is 10.2. The van der Waals surface area contributed by atoms with E-state index in [0.717, 1.165) is 41.6 Å². The molecule has 0 aliphatic heterocycles. The molecule has 3 heterocycles. The van der Waals surface area contributed by atoms with E-state index in [1.54, 1.807) is 22.7 Å². The van der Waals surface area contributed by atoms with Gasteiger partial charge in [-0.15, -0.1) is 11.3 Å². The Morgan fingerprint density at radius 2 is 1.37 bits per heavy atom. The Morgan fingerprint density at radius 1 is 0.733 bits per heavy atom. The number of hydrogen-bond acceptors (Lipinski definition) is 5. The van der Waals surface area contributed by atoms with Gasteiger partial charge in [-0.2, -0.15) is 0 Å². The summed E-state index contributed by atoms with van der Waals surface area (Å²) in [6.07, 6.45) is 19.6. The van der Waals surface area contributed by atoms with E-state index in [9.17, 15) is 0 Å². The molecule has 0 aliphatic carbocycles. The number of thiophene rings is 2. The van der Waals surface area contributed by atoms with Crippen LogP contribution in [0.15, 0.2) is 24.5 Å². The number of aromatic nitrogens is 2. The Hall–Kier alpha value is -1.46. The molecular formula is C25H36N2OS2. The molecule has 0 aromatic carbocycles. The third-order valence-electron chi connectivity index (χ3n) is 5.39. The first-order chi connectivity index (χ1) is 14.8. The van der Waals surface area contributed by atoms with E-state index < -0.39 is 0 Å². The molecule has 0 saturated carbocycles. The number of ether oxygens (including phenoxy) is 1. The van der Waals surface area contributed by atoms with Crippen LogP contribution in [0, 0.1) is 0 Å². The first kappa shape index (κ1) is 23.2. The first-order valence-corrected chi connectivity index (χ1v) is 13.4. The Balaban J connectivity index is 1.34. The molecule has 0 unspecified atom stereocenters. The van der Waals surface area contributed by atoms with Crippen LogP contribution in [0.1, 0.15) is 90.0 Å². The molecule has 3 aromatic heterocycles. The van der Waals surface area contributed by atoms with Crippen LogP contribution in [0.4, 0.5) is 0 Å². The molecule has 3 nitrogen and oxygen atoms in total. The lowest BCUT2D eigenvalue weighted by Crippen LogP contribution is -1.95. The maximum Gasteiger partial charge on any atom is 0.175 e. The summed E-state index contributed by atoms with van der Waals surface area (Å²) < 4.78 is 8.55. The van der Waals surface area contributed by atoms with Gasteiger partial charge in [-0.25, -0.2) is 9.97 Å². The van der Waals surface area contributed by atoms with E-state index in [1.165, 1.54) is 72.8 Å². The molecule has 164 valence electrons. The van der Waals surface area contributed by atoms with Gasteiger partial charge in [0.15, 0.2) is 10.9 Å². The molecule has 0 spiro atoms. The van der Waals surface area contributed by atoms with Gasteiger partial charge in [0, 0.05) is 27.9 Å². The zero-order valence-corrected chi connectivity index (χ0v) is 20.3. The van der Waals surface area contributed by atoms with E-state index in [2.05, 4.69) is 35.9 Å². The van der Waals surface area contributed by atoms with Crippen molar-refractivity contribution in [1.82, 2.24) is 9.97 Å². The second-order valence-electron chi connectivity index (χ2n) is 8.10. The molecule has 0 radical (unpaired) electrons. The Bertz CT molecular complexity index is 822. The Kier molecular flexibility index (Phi) is 10.1. The van der Waals surface area contributed by atoms with Gasteiger partial charge in [0.1, 0.15) is 0 Å². The zero-order chi connectivity index (χ0) is 21.0. The van der Waals surface area contributed by atoms with Gasteiger partial charge in [0.25, 0.3) is 0 Å². The van der Waals surface area contributed by atoms with Gasteiger partial charge in [0.05, 0.1) is 11.5 Å². The van der Waals surface area contributed by atoms with Crippen molar-refractivity contribution in [2.75, 3.05) is 6.61 Å². The number of fused-ring (bicyclic) bond motifs is 1. The molecule has 0 atom stereocenters. The van der Waals surface area contributed by atoms with Crippen LogP contribution < -0.4 is 4.74 Å². The monoisotopic (exact) mass is 444 g/mol. The van der Waals surface area contributed by atoms with Gasteiger partial charge >= 0.3 is 0 Å². The lowest BCUT2D eigenvalue weighted by Gasteiger charge is -2.04. The van der Waals surface area contributed by atoms with Crippen molar-refractivity contribution < 1.29 is 4.74 Å². The predicted molar refractivity (Wildman–Crippen MR) is 132 cm³/mol. The smallest absolute Gasteiger partial charge is 0.175 e. The van der Waals surface area contributed by atoms with Crippen LogP contribution in [-0.4, -0.2) is 16.6 Å². The summed E-state index contributed by atoms with van der Waals surface area (Å²) in [5.41, 5.74) is 1.21. The third-order valence-corrected chi connectivity index (χ3v) is 7.59. The average molecular weight is 445 g/mol. The quantitative estimate of drug-likeness (QED) is 0.220. The summed E-state index contributed by atoms with van der Waals surface area (Å²) >= 11 is 3.49. The minimum absolute atomic E-state index is 0.830. The summed E-state index contributed by atoms with van der Waals surface area (Å²) in [5.74, 6) is 0.830. The highest BCUT2D eigenvalue weighted by molar-refractivity contribution is 7.30. The maximum absolute atomic E-state index is 6.00. The Morgan fingerprint density at radius 3 is 2.00 bits per heavy atom. The third kappa shape index (κ3) is 7.35. The molecule has 0 amide bonds. The molecule has 0 aliphatic rings. The van der Waals surface area contributed by atoms with Gasteiger partial charge in [-0.1, -0.05) is 89.4 Å². The minimum atomic E-state index is 0.830. The van der Waals surface area contributed by atoms with E-state index in [-0.39, 0.29) is 0 Å². The predicted octanol–water partition coefficient (Wildman–Crippen LogP) is 8.67. The number of nitrogens with zero attached hydrogens (tertiary/aromatic N) is 2. The standard InChI is InChI=1S/C25H36N2OS2/c1-3-5-6-7-8-9-10-11-12-13-15-28-24-17-22-21(30-24)16-23(29-22)25-26-18-20(14-4-2)19-27-25/h16-19H,3-15H2,1-2H3. The summed E-state index contributed by atoms with van der Waals surface area (Å²) in [6, 6.07) is 4.38. The van der Waals surface area contributed by atoms with Crippen molar-refractivity contribution in [1.29, 1.82) is 0 Å². The van der Waals surface area contributed by atoms with Crippen LogP contribution in [0.5, 0.6) is 5.06 Å². The van der Waals surface area contributed by atoms with Crippen LogP contribution in [0.2, 0.25) is 0 Å². The highest BCUT2D eigenvalue weighted by Gasteiger charge is 2.11. The number of rotatable bonds is 15. The van der Waals surface area contributed by atoms with Gasteiger partial charge in [-0.05, 0) is 24.5 Å². The normalized spacial score (nSPS) is 11.4. The lowest BCUT2D eigenvalue weighted by atomic mass is 10.1. The summed E-state index contributed by atoms with van der Waals surface area (Å²) in [5, 5.41) is 1.04. The molecule has 0 fully saturated rings. The second kappa shape index (κ2) is 13.1. The van der Waals surface area contributed by atoms with Crippen molar-refractivity contribution in [3.8, 4) is 15.8 Å². The molecule has 3 aromatic rings. The molecule has 0 bridgehead atoms. The summed E-state index contributed by atoms with van der Waals surface area (Å²) in [7, 11) is 0. The van der Waals surface area contributed by atoms with Crippen molar-refractivity contribution in [3.63, 3.8) is 0 Å². The van der Waals surface area contributed by atoms with Crippen LogP contribution in [0.3, 0.4) is 0 Å². The SMILES string of the molecule is CCCCCCCCCCCCOc1cc2sc(-c3ncc(CCC)cn3)cc2s1. The topological polar surface area (TPSA) is 35.0 Å². The van der Waals surface area contributed by atoms with E-state index in [0.29, 0.717) is 0 Å². The fourth-order valence-electron chi connectivity index (χ4n) is 3.66. The fourth-order valence-corrected chi connectivity index (χ4v) is 5.86. The summed E-state index contributed by atoms with van der Waals surface area (Å²) in [6.45, 7) is 5.29. The highest BCUT2D eigenvalue weighted by atomic mass is 32.1. The molecule has 5 heteroatoms. The zero-order valence-electron chi connectivity index (χ0n) is 18.6. The van der Waals surface area contributed by atoms with Crippen LogP contribution in [-0.2, 0) is 6.42 Å². The van der Waals surface area contributed by atoms with Gasteiger partial charge < -0.3 is 4.74 Å². The highest BCUT2D eigenvalue weighted by Crippen LogP contribution is 2.40. The van der Waals surface area contributed by atoms with Gasteiger partial charge in [-0.3, -0.25) is 0 Å². The fraction of sp³-hybridized carbons (Fsp3) is 0.600. The minimum Gasteiger partial charge on any atom is -0.484 e. The van der Waals surface area contributed by atoms with Crippen LogP contribution >= 0.6 is 22.7 Å².